The van der Waals surface area contributed by atoms with Crippen LogP contribution in [0, 0.1) is 0 Å². The lowest BCUT2D eigenvalue weighted by Gasteiger charge is -2.13. The van der Waals surface area contributed by atoms with Crippen LogP contribution in [-0.2, 0) is 4.74 Å². The minimum atomic E-state index is 0.298. The van der Waals surface area contributed by atoms with Gasteiger partial charge in [-0.05, 0) is 19.3 Å². The van der Waals surface area contributed by atoms with Gasteiger partial charge in [0.1, 0.15) is 0 Å². The lowest BCUT2D eigenvalue weighted by atomic mass is 10.2. The Balaban J connectivity index is 3.47. The third-order valence-electron chi connectivity index (χ3n) is 1.71. The van der Waals surface area contributed by atoms with Crippen LogP contribution < -0.4 is 0 Å². The Bertz CT molecular complexity index is 108. The molecular formula is C11H20O. The van der Waals surface area contributed by atoms with Gasteiger partial charge in [0.2, 0.25) is 0 Å². The normalized spacial score (nSPS) is 10.2. The van der Waals surface area contributed by atoms with E-state index in [0.717, 1.165) is 25.9 Å². The Morgan fingerprint density at radius 1 is 1.25 bits per heavy atom. The van der Waals surface area contributed by atoms with Crippen LogP contribution in [0.4, 0.5) is 0 Å². The molecule has 0 aromatic heterocycles. The van der Waals surface area contributed by atoms with Crippen LogP contribution in [-0.4, -0.2) is 12.7 Å². The molecule has 0 aromatic carbocycles. The Labute approximate surface area is 76.1 Å². The highest BCUT2D eigenvalue weighted by Crippen LogP contribution is 2.06. The molecule has 1 heteroatoms. The van der Waals surface area contributed by atoms with E-state index in [1.807, 2.05) is 12.2 Å². The molecule has 0 unspecified atom stereocenters. The number of rotatable bonds is 8. The predicted octanol–water partition coefficient (Wildman–Crippen LogP) is 3.32. The minimum absolute atomic E-state index is 0.298. The molecule has 0 bridgehead atoms. The van der Waals surface area contributed by atoms with Crippen LogP contribution in [0.25, 0.3) is 0 Å². The van der Waals surface area contributed by atoms with Crippen molar-refractivity contribution < 1.29 is 4.74 Å². The quantitative estimate of drug-likeness (QED) is 0.399. The monoisotopic (exact) mass is 168 g/mol. The van der Waals surface area contributed by atoms with E-state index in [0.29, 0.717) is 6.10 Å². The van der Waals surface area contributed by atoms with Gasteiger partial charge in [-0.25, -0.2) is 0 Å². The fraction of sp³-hybridized carbons (Fsp3) is 0.636. The highest BCUT2D eigenvalue weighted by atomic mass is 16.5. The second kappa shape index (κ2) is 8.54. The van der Waals surface area contributed by atoms with Crippen LogP contribution in [0.5, 0.6) is 0 Å². The molecule has 0 saturated carbocycles. The van der Waals surface area contributed by atoms with Gasteiger partial charge in [0.25, 0.3) is 0 Å². The van der Waals surface area contributed by atoms with Crippen LogP contribution in [0.2, 0.25) is 0 Å². The van der Waals surface area contributed by atoms with Gasteiger partial charge in [-0.15, -0.1) is 13.2 Å². The maximum Gasteiger partial charge on any atom is 0.0643 e. The zero-order chi connectivity index (χ0) is 9.23. The molecule has 0 atom stereocenters. The van der Waals surface area contributed by atoms with Gasteiger partial charge in [0.05, 0.1) is 6.10 Å². The first-order valence-electron chi connectivity index (χ1n) is 4.68. The Kier molecular flexibility index (Phi) is 8.14. The lowest BCUT2D eigenvalue weighted by Crippen LogP contribution is -2.11. The fourth-order valence-corrected chi connectivity index (χ4v) is 0.998. The molecule has 0 rings (SSSR count). The van der Waals surface area contributed by atoms with Crippen LogP contribution in [0.3, 0.4) is 0 Å². The average Bonchev–Trinajstić information content (AvgIpc) is 2.06. The van der Waals surface area contributed by atoms with Crippen LogP contribution >= 0.6 is 0 Å². The van der Waals surface area contributed by atoms with Gasteiger partial charge in [0.15, 0.2) is 0 Å². The summed E-state index contributed by atoms with van der Waals surface area (Å²) in [6, 6.07) is 0. The second-order valence-electron chi connectivity index (χ2n) is 2.90. The molecule has 0 fully saturated rings. The van der Waals surface area contributed by atoms with Crippen molar-refractivity contribution >= 4 is 0 Å². The standard InChI is InChI=1S/C11H20O/c1-4-7-10-12-11(8-5-2)9-6-3/h5-6,11H,2-4,7-10H2,1H3. The summed E-state index contributed by atoms with van der Waals surface area (Å²) in [4.78, 5) is 0. The summed E-state index contributed by atoms with van der Waals surface area (Å²) < 4.78 is 5.62. The molecule has 0 spiro atoms. The molecule has 0 saturated heterocycles. The molecule has 0 heterocycles. The van der Waals surface area contributed by atoms with Crippen molar-refractivity contribution in [3.05, 3.63) is 25.3 Å². The summed E-state index contributed by atoms with van der Waals surface area (Å²) in [5.74, 6) is 0. The van der Waals surface area contributed by atoms with Crippen molar-refractivity contribution in [1.82, 2.24) is 0 Å². The Morgan fingerprint density at radius 2 is 1.83 bits per heavy atom. The zero-order valence-electron chi connectivity index (χ0n) is 8.09. The molecular weight excluding hydrogens is 148 g/mol. The van der Waals surface area contributed by atoms with E-state index in [1.165, 1.54) is 6.42 Å². The fourth-order valence-electron chi connectivity index (χ4n) is 0.998. The number of ether oxygens (including phenoxy) is 1. The maximum absolute atomic E-state index is 5.62. The second-order valence-corrected chi connectivity index (χ2v) is 2.90. The van der Waals surface area contributed by atoms with E-state index in [2.05, 4.69) is 20.1 Å². The maximum atomic E-state index is 5.62. The van der Waals surface area contributed by atoms with E-state index in [1.54, 1.807) is 0 Å². The largest absolute Gasteiger partial charge is 0.378 e. The summed E-state index contributed by atoms with van der Waals surface area (Å²) >= 11 is 0. The molecule has 0 aliphatic heterocycles. The van der Waals surface area contributed by atoms with Gasteiger partial charge < -0.3 is 4.74 Å². The van der Waals surface area contributed by atoms with E-state index >= 15 is 0 Å². The third kappa shape index (κ3) is 6.17. The Morgan fingerprint density at radius 3 is 2.25 bits per heavy atom. The van der Waals surface area contributed by atoms with Crippen molar-refractivity contribution in [2.24, 2.45) is 0 Å². The molecule has 0 N–H and O–H groups in total. The summed E-state index contributed by atoms with van der Waals surface area (Å²) in [5, 5.41) is 0. The van der Waals surface area contributed by atoms with Crippen molar-refractivity contribution in [1.29, 1.82) is 0 Å². The molecule has 0 aliphatic carbocycles. The predicted molar refractivity (Wildman–Crippen MR) is 54.3 cm³/mol. The van der Waals surface area contributed by atoms with Crippen molar-refractivity contribution in [2.75, 3.05) is 6.61 Å². The van der Waals surface area contributed by atoms with E-state index in [9.17, 15) is 0 Å². The molecule has 12 heavy (non-hydrogen) atoms. The smallest absolute Gasteiger partial charge is 0.0643 e. The third-order valence-corrected chi connectivity index (χ3v) is 1.71. The summed E-state index contributed by atoms with van der Waals surface area (Å²) in [5.41, 5.74) is 0. The van der Waals surface area contributed by atoms with Gasteiger partial charge in [-0.3, -0.25) is 0 Å². The zero-order valence-corrected chi connectivity index (χ0v) is 8.09. The van der Waals surface area contributed by atoms with Gasteiger partial charge in [-0.1, -0.05) is 25.5 Å². The number of unbranched alkanes of at least 4 members (excludes halogenated alkanes) is 1. The highest BCUT2D eigenvalue weighted by molar-refractivity contribution is 4.80. The van der Waals surface area contributed by atoms with Crippen molar-refractivity contribution in [2.45, 2.75) is 38.7 Å². The summed E-state index contributed by atoms with van der Waals surface area (Å²) in [6.07, 6.45) is 8.29. The first-order chi connectivity index (χ1) is 5.85. The van der Waals surface area contributed by atoms with Gasteiger partial charge in [-0.2, -0.15) is 0 Å². The molecule has 1 nitrogen and oxygen atoms in total. The van der Waals surface area contributed by atoms with E-state index < -0.39 is 0 Å². The SMILES string of the molecule is C=CCC(CC=C)OCCCC. The molecule has 0 aromatic rings. The lowest BCUT2D eigenvalue weighted by molar-refractivity contribution is 0.0556. The molecule has 0 aliphatic rings. The number of hydrogen-bond acceptors (Lipinski definition) is 1. The minimum Gasteiger partial charge on any atom is -0.378 e. The van der Waals surface area contributed by atoms with Crippen molar-refractivity contribution in [3.8, 4) is 0 Å². The molecule has 0 radical (unpaired) electrons. The molecule has 70 valence electrons. The first kappa shape index (κ1) is 11.4. The van der Waals surface area contributed by atoms with E-state index in [-0.39, 0.29) is 0 Å². The first-order valence-corrected chi connectivity index (χ1v) is 4.68. The molecule has 0 amide bonds. The van der Waals surface area contributed by atoms with Gasteiger partial charge >= 0.3 is 0 Å². The Hall–Kier alpha value is -0.560. The summed E-state index contributed by atoms with van der Waals surface area (Å²) in [6.45, 7) is 10.4. The topological polar surface area (TPSA) is 9.23 Å². The van der Waals surface area contributed by atoms with Gasteiger partial charge in [0, 0.05) is 6.61 Å². The van der Waals surface area contributed by atoms with Crippen LogP contribution in [0.1, 0.15) is 32.6 Å². The van der Waals surface area contributed by atoms with Crippen LogP contribution in [0.15, 0.2) is 25.3 Å². The average molecular weight is 168 g/mol. The summed E-state index contributed by atoms with van der Waals surface area (Å²) in [7, 11) is 0. The number of hydrogen-bond donors (Lipinski definition) is 0. The van der Waals surface area contributed by atoms with Crippen molar-refractivity contribution in [3.63, 3.8) is 0 Å². The van der Waals surface area contributed by atoms with E-state index in [4.69, 9.17) is 4.74 Å². The highest BCUT2D eigenvalue weighted by Gasteiger charge is 2.03.